The topological polar surface area (TPSA) is 29.0 Å². The monoisotopic (exact) mass is 263 g/mol. The van der Waals surface area contributed by atoms with Gasteiger partial charge in [-0.15, -0.1) is 0 Å². The van der Waals surface area contributed by atoms with E-state index in [0.29, 0.717) is 0 Å². The maximum atomic E-state index is 4.61. The van der Waals surface area contributed by atoms with Crippen LogP contribution in [-0.2, 0) is 6.54 Å². The van der Waals surface area contributed by atoms with Crippen molar-refractivity contribution < 1.29 is 0 Å². The van der Waals surface area contributed by atoms with E-state index in [1.807, 2.05) is 24.7 Å². The number of nitrogens with zero attached hydrogens (tertiary/aromatic N) is 3. The predicted molar refractivity (Wildman–Crippen MR) is 82.4 cm³/mol. The molecule has 0 saturated heterocycles. The van der Waals surface area contributed by atoms with Crippen molar-refractivity contribution in [2.24, 2.45) is 0 Å². The second-order valence-electron chi connectivity index (χ2n) is 5.19. The van der Waals surface area contributed by atoms with Crippen molar-refractivity contribution in [1.82, 2.24) is 14.9 Å². The van der Waals surface area contributed by atoms with E-state index >= 15 is 0 Å². The first kappa shape index (κ1) is 12.8. The molecule has 0 bridgehead atoms. The van der Waals surface area contributed by atoms with Crippen LogP contribution in [0.5, 0.6) is 0 Å². The molecule has 0 N–H and O–H groups in total. The molecule has 0 aliphatic heterocycles. The molecule has 3 rings (SSSR count). The molecule has 2 heterocycles. The molecule has 3 nitrogen and oxygen atoms in total. The minimum atomic E-state index is 0.909. The number of hydrogen-bond donors (Lipinski definition) is 0. The highest BCUT2D eigenvalue weighted by Crippen LogP contribution is 2.26. The molecule has 100 valence electrons. The number of benzene rings is 1. The van der Waals surface area contributed by atoms with Gasteiger partial charge in [-0.25, -0.2) is 0 Å². The number of fused-ring (bicyclic) bond motifs is 1. The Morgan fingerprint density at radius 1 is 1.00 bits per heavy atom. The van der Waals surface area contributed by atoms with Crippen LogP contribution in [0.15, 0.2) is 55.0 Å². The van der Waals surface area contributed by atoms with Gasteiger partial charge < -0.3 is 4.90 Å². The SMILES string of the molecule is CN(C)Cc1ccc(-c2cccc3cnccc23)nc1. The molecular formula is C17H17N3. The Morgan fingerprint density at radius 3 is 2.65 bits per heavy atom. The summed E-state index contributed by atoms with van der Waals surface area (Å²) < 4.78 is 0. The number of rotatable bonds is 3. The fourth-order valence-electron chi connectivity index (χ4n) is 2.39. The lowest BCUT2D eigenvalue weighted by Crippen LogP contribution is -2.10. The van der Waals surface area contributed by atoms with Crippen molar-refractivity contribution in [2.75, 3.05) is 14.1 Å². The van der Waals surface area contributed by atoms with Gasteiger partial charge in [0.2, 0.25) is 0 Å². The van der Waals surface area contributed by atoms with Gasteiger partial charge in [-0.2, -0.15) is 0 Å². The summed E-state index contributed by atoms with van der Waals surface area (Å²) in [5, 5.41) is 2.33. The van der Waals surface area contributed by atoms with Crippen LogP contribution >= 0.6 is 0 Å². The molecule has 0 spiro atoms. The molecule has 0 aliphatic rings. The van der Waals surface area contributed by atoms with E-state index in [1.165, 1.54) is 10.9 Å². The summed E-state index contributed by atoms with van der Waals surface area (Å²) in [6.45, 7) is 0.909. The fourth-order valence-corrected chi connectivity index (χ4v) is 2.39. The molecule has 3 heteroatoms. The van der Waals surface area contributed by atoms with Gasteiger partial charge in [-0.1, -0.05) is 24.3 Å². The first-order valence-corrected chi connectivity index (χ1v) is 6.67. The van der Waals surface area contributed by atoms with Crippen molar-refractivity contribution in [3.8, 4) is 11.3 Å². The lowest BCUT2D eigenvalue weighted by Gasteiger charge is -2.10. The van der Waals surface area contributed by atoms with Crippen molar-refractivity contribution in [1.29, 1.82) is 0 Å². The zero-order valence-corrected chi connectivity index (χ0v) is 11.7. The predicted octanol–water partition coefficient (Wildman–Crippen LogP) is 3.36. The Balaban J connectivity index is 2.03. The summed E-state index contributed by atoms with van der Waals surface area (Å²) in [7, 11) is 4.12. The zero-order valence-electron chi connectivity index (χ0n) is 11.7. The molecule has 0 aliphatic carbocycles. The van der Waals surface area contributed by atoms with Gasteiger partial charge in [-0.05, 0) is 37.2 Å². The first-order chi connectivity index (χ1) is 9.74. The minimum Gasteiger partial charge on any atom is -0.305 e. The standard InChI is InChI=1S/C17H17N3/c1-20(2)12-13-6-7-17(19-10-13)16-5-3-4-14-11-18-9-8-15(14)16/h3-11H,12H2,1-2H3. The maximum absolute atomic E-state index is 4.61. The Labute approximate surface area is 118 Å². The summed E-state index contributed by atoms with van der Waals surface area (Å²) in [5.74, 6) is 0. The minimum absolute atomic E-state index is 0.909. The number of hydrogen-bond acceptors (Lipinski definition) is 3. The van der Waals surface area contributed by atoms with E-state index < -0.39 is 0 Å². The van der Waals surface area contributed by atoms with Crippen LogP contribution in [0.2, 0.25) is 0 Å². The van der Waals surface area contributed by atoms with Crippen LogP contribution in [0, 0.1) is 0 Å². The summed E-state index contributed by atoms with van der Waals surface area (Å²) in [4.78, 5) is 10.9. The van der Waals surface area contributed by atoms with E-state index in [4.69, 9.17) is 0 Å². The number of pyridine rings is 2. The molecule has 0 amide bonds. The molecule has 0 saturated carbocycles. The van der Waals surface area contributed by atoms with Crippen molar-refractivity contribution in [3.63, 3.8) is 0 Å². The van der Waals surface area contributed by atoms with Crippen LogP contribution < -0.4 is 0 Å². The van der Waals surface area contributed by atoms with E-state index in [-0.39, 0.29) is 0 Å². The Bertz CT molecular complexity index is 712. The van der Waals surface area contributed by atoms with Gasteiger partial charge in [0, 0.05) is 36.1 Å². The van der Waals surface area contributed by atoms with Gasteiger partial charge in [0.15, 0.2) is 0 Å². The van der Waals surface area contributed by atoms with Gasteiger partial charge in [0.25, 0.3) is 0 Å². The Kier molecular flexibility index (Phi) is 3.44. The summed E-state index contributed by atoms with van der Waals surface area (Å²) in [6, 6.07) is 12.5. The number of aromatic nitrogens is 2. The third-order valence-electron chi connectivity index (χ3n) is 3.28. The molecule has 0 radical (unpaired) electrons. The van der Waals surface area contributed by atoms with Gasteiger partial charge in [-0.3, -0.25) is 9.97 Å². The lowest BCUT2D eigenvalue weighted by molar-refractivity contribution is 0.402. The van der Waals surface area contributed by atoms with Crippen LogP contribution in [0.3, 0.4) is 0 Å². The molecule has 2 aromatic heterocycles. The largest absolute Gasteiger partial charge is 0.305 e. The summed E-state index contributed by atoms with van der Waals surface area (Å²) in [5.41, 5.74) is 3.38. The van der Waals surface area contributed by atoms with E-state index in [0.717, 1.165) is 23.2 Å². The van der Waals surface area contributed by atoms with Gasteiger partial charge in [0.1, 0.15) is 0 Å². The second kappa shape index (κ2) is 5.39. The van der Waals surface area contributed by atoms with Gasteiger partial charge >= 0.3 is 0 Å². The Hall–Kier alpha value is -2.26. The second-order valence-corrected chi connectivity index (χ2v) is 5.19. The molecule has 0 unspecified atom stereocenters. The van der Waals surface area contributed by atoms with E-state index in [1.54, 1.807) is 0 Å². The average molecular weight is 263 g/mol. The molecule has 1 aromatic carbocycles. The Morgan fingerprint density at radius 2 is 1.90 bits per heavy atom. The third-order valence-corrected chi connectivity index (χ3v) is 3.28. The molecule has 0 atom stereocenters. The highest BCUT2D eigenvalue weighted by Gasteiger charge is 2.05. The molecule has 20 heavy (non-hydrogen) atoms. The van der Waals surface area contributed by atoms with Crippen LogP contribution in [0.1, 0.15) is 5.56 Å². The van der Waals surface area contributed by atoms with Crippen LogP contribution in [0.4, 0.5) is 0 Å². The smallest absolute Gasteiger partial charge is 0.0708 e. The van der Waals surface area contributed by atoms with Crippen molar-refractivity contribution in [3.05, 3.63) is 60.6 Å². The first-order valence-electron chi connectivity index (χ1n) is 6.67. The molecule has 0 fully saturated rings. The average Bonchev–Trinajstić information content (AvgIpc) is 2.47. The zero-order chi connectivity index (χ0) is 13.9. The van der Waals surface area contributed by atoms with E-state index in [9.17, 15) is 0 Å². The van der Waals surface area contributed by atoms with Crippen LogP contribution in [0.25, 0.3) is 22.0 Å². The van der Waals surface area contributed by atoms with Crippen LogP contribution in [-0.4, -0.2) is 29.0 Å². The quantitative estimate of drug-likeness (QED) is 0.725. The summed E-state index contributed by atoms with van der Waals surface area (Å²) in [6.07, 6.45) is 5.67. The highest BCUT2D eigenvalue weighted by atomic mass is 15.0. The van der Waals surface area contributed by atoms with Crippen molar-refractivity contribution in [2.45, 2.75) is 6.54 Å². The van der Waals surface area contributed by atoms with Gasteiger partial charge in [0.05, 0.1) is 5.69 Å². The van der Waals surface area contributed by atoms with E-state index in [2.05, 4.69) is 59.3 Å². The van der Waals surface area contributed by atoms with Crippen molar-refractivity contribution >= 4 is 10.8 Å². The highest BCUT2D eigenvalue weighted by molar-refractivity contribution is 5.95. The fraction of sp³-hybridized carbons (Fsp3) is 0.176. The summed E-state index contributed by atoms with van der Waals surface area (Å²) >= 11 is 0. The third kappa shape index (κ3) is 2.53. The normalized spacial score (nSPS) is 11.2. The molecular weight excluding hydrogens is 246 g/mol. The lowest BCUT2D eigenvalue weighted by atomic mass is 10.0. The maximum Gasteiger partial charge on any atom is 0.0708 e. The molecule has 3 aromatic rings.